The van der Waals surface area contributed by atoms with E-state index in [0.29, 0.717) is 28.3 Å². The Morgan fingerprint density at radius 1 is 0.972 bits per heavy atom. The van der Waals surface area contributed by atoms with Gasteiger partial charge in [-0.2, -0.15) is 0 Å². The average molecular weight is 484 g/mol. The fourth-order valence-electron chi connectivity index (χ4n) is 5.51. The van der Waals surface area contributed by atoms with Crippen LogP contribution in [0.4, 0.5) is 10.1 Å². The van der Waals surface area contributed by atoms with Crippen LogP contribution in [-0.2, 0) is 16.9 Å². The van der Waals surface area contributed by atoms with Crippen LogP contribution < -0.4 is 19.8 Å². The number of nitrogens with zero attached hydrogens (tertiary/aromatic N) is 2. The second-order valence-electron chi connectivity index (χ2n) is 8.95. The number of carbonyl (C=O) groups is 2. The molecule has 0 N–H and O–H groups in total. The van der Waals surface area contributed by atoms with Crippen molar-refractivity contribution in [3.63, 3.8) is 0 Å². The Labute approximate surface area is 203 Å². The minimum absolute atomic E-state index is 0.0161. The van der Waals surface area contributed by atoms with E-state index in [1.54, 1.807) is 49.5 Å². The van der Waals surface area contributed by atoms with Crippen molar-refractivity contribution in [3.8, 4) is 11.5 Å². The van der Waals surface area contributed by atoms with Gasteiger partial charge in [0.05, 0.1) is 10.9 Å². The number of amides is 2. The molecule has 0 fully saturated rings. The second-order valence-corrected chi connectivity index (χ2v) is 8.95. The Hall–Kier alpha value is -4.66. The molecule has 2 amide bonds. The van der Waals surface area contributed by atoms with E-state index in [2.05, 4.69) is 0 Å². The predicted molar refractivity (Wildman–Crippen MR) is 126 cm³/mol. The van der Waals surface area contributed by atoms with Crippen molar-refractivity contribution in [2.75, 3.05) is 18.7 Å². The molecule has 1 unspecified atom stereocenters. The molecule has 4 heterocycles. The molecular formula is C27H17FN2O6. The largest absolute Gasteiger partial charge is 0.454 e. The van der Waals surface area contributed by atoms with Gasteiger partial charge in [-0.3, -0.25) is 14.4 Å². The standard InChI is InChI=1S/C27H17FN2O6/c1-29-18-5-3-2-4-17(18)27(26(29)33)22-23(31)16-11-15(28)7-9-19(16)36-24(22)25(32)30(27)12-14-6-8-20-21(10-14)35-13-34-20/h2-11H,12-13H2,1H3. The van der Waals surface area contributed by atoms with E-state index in [-0.39, 0.29) is 35.6 Å². The van der Waals surface area contributed by atoms with Crippen molar-refractivity contribution < 1.29 is 27.9 Å². The number of hydrogen-bond acceptors (Lipinski definition) is 6. The van der Waals surface area contributed by atoms with Crippen LogP contribution in [0.25, 0.3) is 11.0 Å². The zero-order valence-corrected chi connectivity index (χ0v) is 18.9. The van der Waals surface area contributed by atoms with E-state index in [9.17, 15) is 18.8 Å². The Morgan fingerprint density at radius 2 is 1.78 bits per heavy atom. The summed E-state index contributed by atoms with van der Waals surface area (Å²) in [5, 5.41) is -0.0364. The topological polar surface area (TPSA) is 89.3 Å². The number of benzene rings is 3. The quantitative estimate of drug-likeness (QED) is 0.433. The zero-order valence-electron chi connectivity index (χ0n) is 18.9. The molecular weight excluding hydrogens is 467 g/mol. The highest BCUT2D eigenvalue weighted by Gasteiger charge is 2.64. The summed E-state index contributed by atoms with van der Waals surface area (Å²) in [5.41, 5.74) is -0.705. The van der Waals surface area contributed by atoms with Crippen LogP contribution >= 0.6 is 0 Å². The molecule has 0 bridgehead atoms. The Kier molecular flexibility index (Phi) is 3.99. The minimum Gasteiger partial charge on any atom is -0.454 e. The van der Waals surface area contributed by atoms with Crippen LogP contribution in [0.3, 0.4) is 0 Å². The summed E-state index contributed by atoms with van der Waals surface area (Å²) in [4.78, 5) is 44.7. The summed E-state index contributed by atoms with van der Waals surface area (Å²) >= 11 is 0. The van der Waals surface area contributed by atoms with Crippen LogP contribution in [-0.4, -0.2) is 30.6 Å². The van der Waals surface area contributed by atoms with Crippen molar-refractivity contribution in [2.24, 2.45) is 0 Å². The van der Waals surface area contributed by atoms with Gasteiger partial charge in [0, 0.05) is 24.8 Å². The third-order valence-electron chi connectivity index (χ3n) is 7.11. The van der Waals surface area contributed by atoms with E-state index < -0.39 is 28.6 Å². The lowest BCUT2D eigenvalue weighted by molar-refractivity contribution is -0.126. The summed E-state index contributed by atoms with van der Waals surface area (Å²) in [7, 11) is 1.60. The third kappa shape index (κ3) is 2.44. The van der Waals surface area contributed by atoms with Gasteiger partial charge in [-0.25, -0.2) is 4.39 Å². The molecule has 3 aliphatic heterocycles. The molecule has 3 aliphatic rings. The zero-order chi connectivity index (χ0) is 24.8. The fraction of sp³-hybridized carbons (Fsp3) is 0.148. The van der Waals surface area contributed by atoms with Gasteiger partial charge >= 0.3 is 0 Å². The monoisotopic (exact) mass is 484 g/mol. The maximum absolute atomic E-state index is 14.1. The lowest BCUT2D eigenvalue weighted by Gasteiger charge is -2.34. The molecule has 0 saturated heterocycles. The number of ether oxygens (including phenoxy) is 2. The first-order valence-electron chi connectivity index (χ1n) is 11.3. The molecule has 36 heavy (non-hydrogen) atoms. The van der Waals surface area contributed by atoms with Gasteiger partial charge in [0.1, 0.15) is 11.4 Å². The molecule has 0 saturated carbocycles. The van der Waals surface area contributed by atoms with Gasteiger partial charge in [0.25, 0.3) is 11.8 Å². The summed E-state index contributed by atoms with van der Waals surface area (Å²) < 4.78 is 30.9. The van der Waals surface area contributed by atoms with Gasteiger partial charge in [0.15, 0.2) is 22.5 Å². The smallest absolute Gasteiger partial charge is 0.291 e. The lowest BCUT2D eigenvalue weighted by Crippen LogP contribution is -2.52. The summed E-state index contributed by atoms with van der Waals surface area (Å²) in [6.07, 6.45) is 0. The Bertz CT molecular complexity index is 1710. The number of halogens is 1. The van der Waals surface area contributed by atoms with E-state index in [0.717, 1.165) is 12.1 Å². The molecule has 7 rings (SSSR count). The molecule has 4 aromatic rings. The van der Waals surface area contributed by atoms with Crippen molar-refractivity contribution in [3.05, 3.63) is 99.2 Å². The van der Waals surface area contributed by atoms with Gasteiger partial charge < -0.3 is 23.7 Å². The molecule has 8 nitrogen and oxygen atoms in total. The van der Waals surface area contributed by atoms with Crippen LogP contribution in [0.1, 0.15) is 27.2 Å². The van der Waals surface area contributed by atoms with Gasteiger partial charge in [0.2, 0.25) is 12.6 Å². The highest BCUT2D eigenvalue weighted by Crippen LogP contribution is 2.52. The number of likely N-dealkylation sites (N-methyl/N-ethyl adjacent to an activating group) is 1. The number of fused-ring (bicyclic) bond motifs is 6. The molecule has 178 valence electrons. The van der Waals surface area contributed by atoms with Crippen LogP contribution in [0.2, 0.25) is 0 Å². The normalized spacial score (nSPS) is 19.5. The van der Waals surface area contributed by atoms with Gasteiger partial charge in [-0.15, -0.1) is 0 Å². The minimum atomic E-state index is -1.77. The lowest BCUT2D eigenvalue weighted by atomic mass is 9.83. The Balaban J connectivity index is 1.53. The first-order chi connectivity index (χ1) is 17.4. The number of para-hydroxylation sites is 1. The number of carbonyl (C=O) groups excluding carboxylic acids is 2. The molecule has 3 aromatic carbocycles. The number of hydrogen-bond donors (Lipinski definition) is 0. The predicted octanol–water partition coefficient (Wildman–Crippen LogP) is 3.54. The fourth-order valence-corrected chi connectivity index (χ4v) is 5.51. The second kappa shape index (κ2) is 6.94. The van der Waals surface area contributed by atoms with Gasteiger partial charge in [-0.05, 0) is 42.0 Å². The molecule has 1 spiro atoms. The van der Waals surface area contributed by atoms with Crippen molar-refractivity contribution >= 4 is 28.5 Å². The number of anilines is 1. The summed E-state index contributed by atoms with van der Waals surface area (Å²) in [5.74, 6) is -0.823. The van der Waals surface area contributed by atoms with E-state index in [1.807, 2.05) is 0 Å². The maximum Gasteiger partial charge on any atom is 0.291 e. The highest BCUT2D eigenvalue weighted by molar-refractivity contribution is 6.16. The van der Waals surface area contributed by atoms with Crippen LogP contribution in [0.15, 0.2) is 69.9 Å². The van der Waals surface area contributed by atoms with Gasteiger partial charge in [-0.1, -0.05) is 24.3 Å². The maximum atomic E-state index is 14.1. The third-order valence-corrected chi connectivity index (χ3v) is 7.11. The van der Waals surface area contributed by atoms with E-state index in [1.165, 1.54) is 15.9 Å². The van der Waals surface area contributed by atoms with Crippen LogP contribution in [0.5, 0.6) is 11.5 Å². The molecule has 9 heteroatoms. The van der Waals surface area contributed by atoms with Crippen molar-refractivity contribution in [1.29, 1.82) is 0 Å². The molecule has 0 radical (unpaired) electrons. The van der Waals surface area contributed by atoms with E-state index in [4.69, 9.17) is 13.9 Å². The van der Waals surface area contributed by atoms with Crippen molar-refractivity contribution in [2.45, 2.75) is 12.1 Å². The highest BCUT2D eigenvalue weighted by atomic mass is 19.1. The Morgan fingerprint density at radius 3 is 2.64 bits per heavy atom. The SMILES string of the molecule is CN1C(=O)C2(c3ccccc31)c1c(oc3ccc(F)cc3c1=O)C(=O)N2Cc1ccc2c(c1)OCO2. The summed E-state index contributed by atoms with van der Waals surface area (Å²) in [6, 6.07) is 15.8. The average Bonchev–Trinajstić information content (AvgIpc) is 3.51. The molecule has 0 aliphatic carbocycles. The van der Waals surface area contributed by atoms with Crippen molar-refractivity contribution in [1.82, 2.24) is 4.90 Å². The summed E-state index contributed by atoms with van der Waals surface area (Å²) in [6.45, 7) is 0.0762. The van der Waals surface area contributed by atoms with Crippen LogP contribution in [0, 0.1) is 5.82 Å². The molecule has 1 aromatic heterocycles. The first-order valence-corrected chi connectivity index (χ1v) is 11.3. The molecule has 1 atom stereocenters. The first kappa shape index (κ1) is 20.7. The number of rotatable bonds is 2. The van der Waals surface area contributed by atoms with E-state index >= 15 is 0 Å².